The Bertz CT molecular complexity index is 799. The van der Waals surface area contributed by atoms with E-state index < -0.39 is 11.7 Å². The highest BCUT2D eigenvalue weighted by atomic mass is 79.9. The predicted octanol–water partition coefficient (Wildman–Crippen LogP) is 5.22. The Labute approximate surface area is 168 Å². The van der Waals surface area contributed by atoms with E-state index in [0.29, 0.717) is 30.9 Å². The van der Waals surface area contributed by atoms with Crippen molar-refractivity contribution in [2.75, 3.05) is 13.2 Å². The van der Waals surface area contributed by atoms with Crippen LogP contribution < -0.4 is 10.1 Å². The van der Waals surface area contributed by atoms with Gasteiger partial charge in [-0.1, -0.05) is 30.3 Å². The summed E-state index contributed by atoms with van der Waals surface area (Å²) in [4.78, 5) is 22.7. The van der Waals surface area contributed by atoms with Crippen LogP contribution in [0.5, 0.6) is 5.75 Å². The Morgan fingerprint density at radius 2 is 1.93 bits per heavy atom. The third kappa shape index (κ3) is 6.71. The van der Waals surface area contributed by atoms with E-state index in [9.17, 15) is 9.59 Å². The van der Waals surface area contributed by atoms with Gasteiger partial charge in [-0.05, 0) is 60.8 Å². The highest BCUT2D eigenvalue weighted by Crippen LogP contribution is 2.36. The molecule has 0 aromatic heterocycles. The number of carbonyl (C=O) groups excluding carboxylic acids is 2. The van der Waals surface area contributed by atoms with Gasteiger partial charge in [0.15, 0.2) is 0 Å². The number of ether oxygens (including phenoxy) is 2. The van der Waals surface area contributed by atoms with Gasteiger partial charge in [0.05, 0.1) is 11.1 Å². The SMILES string of the molecule is CC(C)(C)OC(=O)NCCCOc1c(Br)cccc1-c1cccc(C=O)c1. The van der Waals surface area contributed by atoms with Gasteiger partial charge >= 0.3 is 6.09 Å². The minimum absolute atomic E-state index is 0.429. The van der Waals surface area contributed by atoms with E-state index in [1.54, 1.807) is 6.07 Å². The molecule has 2 aromatic rings. The first-order valence-corrected chi connectivity index (χ1v) is 9.53. The molecular weight excluding hydrogens is 410 g/mol. The number of alkyl carbamates (subject to hydrolysis) is 1. The Balaban J connectivity index is 1.97. The lowest BCUT2D eigenvalue weighted by Gasteiger charge is -2.19. The van der Waals surface area contributed by atoms with E-state index in [0.717, 1.165) is 21.9 Å². The first-order valence-electron chi connectivity index (χ1n) is 8.74. The van der Waals surface area contributed by atoms with Gasteiger partial charge in [0.2, 0.25) is 0 Å². The number of hydrogen-bond donors (Lipinski definition) is 1. The number of halogens is 1. The number of carbonyl (C=O) groups is 2. The van der Waals surface area contributed by atoms with Crippen molar-refractivity contribution in [1.29, 1.82) is 0 Å². The lowest BCUT2D eigenvalue weighted by atomic mass is 10.0. The third-order valence-corrected chi connectivity index (χ3v) is 4.16. The summed E-state index contributed by atoms with van der Waals surface area (Å²) >= 11 is 3.52. The van der Waals surface area contributed by atoms with Crippen molar-refractivity contribution in [2.45, 2.75) is 32.8 Å². The number of para-hydroxylation sites is 1. The van der Waals surface area contributed by atoms with E-state index >= 15 is 0 Å². The van der Waals surface area contributed by atoms with Crippen LogP contribution in [0.2, 0.25) is 0 Å². The molecule has 0 fully saturated rings. The number of aldehydes is 1. The first-order chi connectivity index (χ1) is 12.8. The van der Waals surface area contributed by atoms with Gasteiger partial charge in [-0.2, -0.15) is 0 Å². The second-order valence-electron chi connectivity index (χ2n) is 6.99. The summed E-state index contributed by atoms with van der Waals surface area (Å²) in [5, 5.41) is 2.71. The van der Waals surface area contributed by atoms with E-state index in [4.69, 9.17) is 9.47 Å². The molecule has 0 radical (unpaired) electrons. The van der Waals surface area contributed by atoms with Crippen LogP contribution in [0.4, 0.5) is 4.79 Å². The molecular formula is C21H24BrNO4. The van der Waals surface area contributed by atoms with Crippen LogP contribution in [0.3, 0.4) is 0 Å². The molecule has 0 heterocycles. The number of rotatable bonds is 7. The van der Waals surface area contributed by atoms with Crippen molar-refractivity contribution in [3.8, 4) is 16.9 Å². The molecule has 0 aliphatic heterocycles. The van der Waals surface area contributed by atoms with Crippen LogP contribution in [-0.4, -0.2) is 31.1 Å². The van der Waals surface area contributed by atoms with Crippen LogP contribution >= 0.6 is 15.9 Å². The molecule has 0 unspecified atom stereocenters. The monoisotopic (exact) mass is 433 g/mol. The fraction of sp³-hybridized carbons (Fsp3) is 0.333. The summed E-state index contributed by atoms with van der Waals surface area (Å²) in [5.41, 5.74) is 1.90. The highest BCUT2D eigenvalue weighted by Gasteiger charge is 2.15. The molecule has 27 heavy (non-hydrogen) atoms. The average molecular weight is 434 g/mol. The normalized spacial score (nSPS) is 11.0. The van der Waals surface area contributed by atoms with E-state index in [2.05, 4.69) is 21.2 Å². The first kappa shape index (κ1) is 21.0. The molecule has 0 saturated carbocycles. The molecule has 0 aliphatic rings. The number of benzene rings is 2. The molecule has 1 amide bonds. The summed E-state index contributed by atoms with van der Waals surface area (Å²) in [6, 6.07) is 13.1. The molecule has 0 spiro atoms. The summed E-state index contributed by atoms with van der Waals surface area (Å²) in [6.07, 6.45) is 1.02. The minimum Gasteiger partial charge on any atom is -0.492 e. The molecule has 5 nitrogen and oxygen atoms in total. The molecule has 2 rings (SSSR count). The second kappa shape index (κ2) is 9.55. The summed E-state index contributed by atoms with van der Waals surface area (Å²) in [6.45, 7) is 6.35. The average Bonchev–Trinajstić information content (AvgIpc) is 2.61. The lowest BCUT2D eigenvalue weighted by molar-refractivity contribution is 0.0525. The predicted molar refractivity (Wildman–Crippen MR) is 109 cm³/mol. The van der Waals surface area contributed by atoms with Crippen molar-refractivity contribution in [2.24, 2.45) is 0 Å². The van der Waals surface area contributed by atoms with Gasteiger partial charge in [0, 0.05) is 17.7 Å². The van der Waals surface area contributed by atoms with Crippen molar-refractivity contribution in [1.82, 2.24) is 5.32 Å². The maximum absolute atomic E-state index is 11.6. The van der Waals surface area contributed by atoms with Gasteiger partial charge < -0.3 is 14.8 Å². The second-order valence-corrected chi connectivity index (χ2v) is 7.84. The van der Waals surface area contributed by atoms with Crippen molar-refractivity contribution >= 4 is 28.3 Å². The Morgan fingerprint density at radius 1 is 1.19 bits per heavy atom. The standard InChI is InChI=1S/C21H24BrNO4/c1-21(2,3)27-20(25)23-11-6-12-26-19-17(9-5-10-18(19)22)16-8-4-7-15(13-16)14-24/h4-5,7-10,13-14H,6,11-12H2,1-3H3,(H,23,25). The van der Waals surface area contributed by atoms with Crippen molar-refractivity contribution in [3.05, 3.63) is 52.5 Å². The molecule has 6 heteroatoms. The molecule has 0 aliphatic carbocycles. The highest BCUT2D eigenvalue weighted by molar-refractivity contribution is 9.10. The Kier molecular flexibility index (Phi) is 7.42. The van der Waals surface area contributed by atoms with Crippen LogP contribution in [-0.2, 0) is 4.74 Å². The fourth-order valence-corrected chi connectivity index (χ4v) is 2.89. The zero-order valence-corrected chi connectivity index (χ0v) is 17.3. The molecule has 144 valence electrons. The quantitative estimate of drug-likeness (QED) is 0.479. The summed E-state index contributed by atoms with van der Waals surface area (Å²) in [7, 11) is 0. The van der Waals surface area contributed by atoms with E-state index in [1.807, 2.05) is 57.2 Å². The maximum atomic E-state index is 11.6. The van der Waals surface area contributed by atoms with Crippen molar-refractivity contribution in [3.63, 3.8) is 0 Å². The number of nitrogens with one attached hydrogen (secondary N) is 1. The minimum atomic E-state index is -0.513. The van der Waals surface area contributed by atoms with E-state index in [-0.39, 0.29) is 0 Å². The zero-order chi connectivity index (χ0) is 19.9. The summed E-state index contributed by atoms with van der Waals surface area (Å²) < 4.78 is 12.0. The fourth-order valence-electron chi connectivity index (χ4n) is 2.41. The number of hydrogen-bond acceptors (Lipinski definition) is 4. The Hall–Kier alpha value is -2.34. The molecule has 0 atom stereocenters. The van der Waals surface area contributed by atoms with Gasteiger partial charge in [-0.15, -0.1) is 0 Å². The topological polar surface area (TPSA) is 64.6 Å². The lowest BCUT2D eigenvalue weighted by Crippen LogP contribution is -2.33. The Morgan fingerprint density at radius 3 is 2.63 bits per heavy atom. The maximum Gasteiger partial charge on any atom is 0.407 e. The molecule has 0 bridgehead atoms. The van der Waals surface area contributed by atoms with Gasteiger partial charge in [0.1, 0.15) is 17.6 Å². The van der Waals surface area contributed by atoms with Crippen molar-refractivity contribution < 1.29 is 19.1 Å². The summed E-state index contributed by atoms with van der Waals surface area (Å²) in [5.74, 6) is 0.706. The van der Waals surface area contributed by atoms with Crippen LogP contribution in [0.1, 0.15) is 37.6 Å². The third-order valence-electron chi connectivity index (χ3n) is 3.54. The van der Waals surface area contributed by atoms with Crippen LogP contribution in [0.25, 0.3) is 11.1 Å². The smallest absolute Gasteiger partial charge is 0.407 e. The van der Waals surface area contributed by atoms with Gasteiger partial charge in [0.25, 0.3) is 0 Å². The van der Waals surface area contributed by atoms with Crippen LogP contribution in [0.15, 0.2) is 46.9 Å². The van der Waals surface area contributed by atoms with E-state index in [1.165, 1.54) is 0 Å². The van der Waals surface area contributed by atoms with Gasteiger partial charge in [-0.25, -0.2) is 4.79 Å². The van der Waals surface area contributed by atoms with Crippen LogP contribution in [0, 0.1) is 0 Å². The largest absolute Gasteiger partial charge is 0.492 e. The molecule has 0 saturated heterocycles. The molecule has 1 N–H and O–H groups in total. The van der Waals surface area contributed by atoms with Gasteiger partial charge in [-0.3, -0.25) is 4.79 Å². The molecule has 2 aromatic carbocycles. The zero-order valence-electron chi connectivity index (χ0n) is 15.8. The number of amides is 1.